The molecule has 0 fully saturated rings. The molecule has 0 aliphatic heterocycles. The minimum absolute atomic E-state index is 0.0557. The van der Waals surface area contributed by atoms with Gasteiger partial charge in [0.25, 0.3) is 0 Å². The van der Waals surface area contributed by atoms with Gasteiger partial charge >= 0.3 is 0 Å². The maximum absolute atomic E-state index is 12.2. The van der Waals surface area contributed by atoms with Gasteiger partial charge < -0.3 is 0 Å². The second-order valence-electron chi connectivity index (χ2n) is 4.86. The van der Waals surface area contributed by atoms with Crippen molar-refractivity contribution in [3.05, 3.63) is 41.5 Å². The average Bonchev–Trinajstić information content (AvgIpc) is 2.48. The first kappa shape index (κ1) is 14.8. The molecule has 1 aromatic rings. The van der Waals surface area contributed by atoms with Crippen molar-refractivity contribution in [2.75, 3.05) is 6.54 Å². The predicted octanol–water partition coefficient (Wildman–Crippen LogP) is 2.73. The van der Waals surface area contributed by atoms with Crippen LogP contribution >= 0.6 is 0 Å². The predicted molar refractivity (Wildman–Crippen MR) is 77.5 cm³/mol. The number of hydrogen-bond donors (Lipinski definition) is 1. The van der Waals surface area contributed by atoms with Crippen molar-refractivity contribution in [2.45, 2.75) is 37.0 Å². The summed E-state index contributed by atoms with van der Waals surface area (Å²) in [5, 5.41) is 8.96. The van der Waals surface area contributed by atoms with Crippen molar-refractivity contribution in [1.29, 1.82) is 5.26 Å². The molecular formula is C15H18N2O2S. The highest BCUT2D eigenvalue weighted by Crippen LogP contribution is 2.20. The van der Waals surface area contributed by atoms with E-state index in [0.717, 1.165) is 19.3 Å². The summed E-state index contributed by atoms with van der Waals surface area (Å²) >= 11 is 0. The number of hydrogen-bond acceptors (Lipinski definition) is 3. The third-order valence-electron chi connectivity index (χ3n) is 3.42. The highest BCUT2D eigenvalue weighted by molar-refractivity contribution is 7.89. The molecule has 0 saturated carbocycles. The Balaban J connectivity index is 2.01. The van der Waals surface area contributed by atoms with Gasteiger partial charge in [-0.15, -0.1) is 0 Å². The second kappa shape index (κ2) is 6.69. The maximum atomic E-state index is 12.2. The molecule has 5 heteroatoms. The highest BCUT2D eigenvalue weighted by atomic mass is 32.2. The number of rotatable bonds is 5. The number of allylic oxidation sites excluding steroid dienone is 1. The minimum atomic E-state index is -3.60. The molecule has 106 valence electrons. The average molecular weight is 290 g/mol. The van der Waals surface area contributed by atoms with Crippen LogP contribution in [0.25, 0.3) is 0 Å². The molecule has 4 nitrogen and oxygen atoms in total. The lowest BCUT2D eigenvalue weighted by Gasteiger charge is -2.13. The van der Waals surface area contributed by atoms with E-state index < -0.39 is 10.0 Å². The Labute approximate surface area is 120 Å². The number of nitrogens with zero attached hydrogens (tertiary/aromatic N) is 1. The maximum Gasteiger partial charge on any atom is 0.241 e. The standard InChI is InChI=1S/C15H18N2O2S/c16-12-14-8-4-5-9-15(14)20(18,19)17-11-10-13-6-2-1-3-7-13/h4-6,8-9,17H,1-3,7,10-11H2. The zero-order chi connectivity index (χ0) is 14.4. The zero-order valence-electron chi connectivity index (χ0n) is 11.3. The molecule has 1 N–H and O–H groups in total. The van der Waals surface area contributed by atoms with Crippen LogP contribution in [0.1, 0.15) is 37.7 Å². The number of nitriles is 1. The van der Waals surface area contributed by atoms with E-state index in [0.29, 0.717) is 6.54 Å². The molecule has 20 heavy (non-hydrogen) atoms. The molecule has 0 saturated heterocycles. The molecule has 0 atom stereocenters. The van der Waals surface area contributed by atoms with Crippen molar-refractivity contribution < 1.29 is 8.42 Å². The van der Waals surface area contributed by atoms with E-state index in [1.165, 1.54) is 30.5 Å². The molecule has 0 bridgehead atoms. The molecule has 0 heterocycles. The number of benzene rings is 1. The van der Waals surface area contributed by atoms with E-state index in [1.807, 2.05) is 6.07 Å². The van der Waals surface area contributed by atoms with Crippen LogP contribution in [0.2, 0.25) is 0 Å². The van der Waals surface area contributed by atoms with Crippen LogP contribution in [-0.4, -0.2) is 15.0 Å². The SMILES string of the molecule is N#Cc1ccccc1S(=O)(=O)NCCC1=CCCCC1. The Hall–Kier alpha value is -1.64. The Kier molecular flexibility index (Phi) is 4.94. The van der Waals surface area contributed by atoms with Crippen LogP contribution in [-0.2, 0) is 10.0 Å². The summed E-state index contributed by atoms with van der Waals surface area (Å²) in [6, 6.07) is 8.16. The van der Waals surface area contributed by atoms with E-state index in [9.17, 15) is 8.42 Å². The monoisotopic (exact) mass is 290 g/mol. The highest BCUT2D eigenvalue weighted by Gasteiger charge is 2.17. The van der Waals surface area contributed by atoms with Crippen LogP contribution < -0.4 is 4.72 Å². The molecule has 0 radical (unpaired) electrons. The van der Waals surface area contributed by atoms with Crippen molar-refractivity contribution in [1.82, 2.24) is 4.72 Å². The lowest BCUT2D eigenvalue weighted by atomic mass is 9.97. The van der Waals surface area contributed by atoms with Gasteiger partial charge in [0.1, 0.15) is 6.07 Å². The van der Waals surface area contributed by atoms with E-state index in [4.69, 9.17) is 5.26 Å². The van der Waals surface area contributed by atoms with Gasteiger partial charge in [-0.1, -0.05) is 23.8 Å². The molecule has 0 unspecified atom stereocenters. The van der Waals surface area contributed by atoms with Crippen molar-refractivity contribution in [3.8, 4) is 6.07 Å². The van der Waals surface area contributed by atoms with Crippen LogP contribution in [0.4, 0.5) is 0 Å². The topological polar surface area (TPSA) is 70.0 Å². The zero-order valence-corrected chi connectivity index (χ0v) is 12.1. The fourth-order valence-corrected chi connectivity index (χ4v) is 3.54. The van der Waals surface area contributed by atoms with Gasteiger partial charge in [0.2, 0.25) is 10.0 Å². The number of nitrogens with one attached hydrogen (secondary N) is 1. The van der Waals surface area contributed by atoms with E-state index in [2.05, 4.69) is 10.8 Å². The summed E-state index contributed by atoms with van der Waals surface area (Å²) in [6.07, 6.45) is 7.53. The van der Waals surface area contributed by atoms with Gasteiger partial charge in [-0.25, -0.2) is 13.1 Å². The third kappa shape index (κ3) is 3.69. The van der Waals surface area contributed by atoms with Crippen molar-refractivity contribution in [2.24, 2.45) is 0 Å². The smallest absolute Gasteiger partial charge is 0.211 e. The van der Waals surface area contributed by atoms with Gasteiger partial charge in [-0.3, -0.25) is 0 Å². The van der Waals surface area contributed by atoms with E-state index >= 15 is 0 Å². The van der Waals surface area contributed by atoms with Gasteiger partial charge in [-0.2, -0.15) is 5.26 Å². The van der Waals surface area contributed by atoms with Crippen LogP contribution in [0.5, 0.6) is 0 Å². The summed E-state index contributed by atoms with van der Waals surface area (Å²) in [4.78, 5) is 0.0557. The summed E-state index contributed by atoms with van der Waals surface area (Å²) in [5.74, 6) is 0. The molecule has 1 aliphatic rings. The molecular weight excluding hydrogens is 272 g/mol. The lowest BCUT2D eigenvalue weighted by Crippen LogP contribution is -2.26. The third-order valence-corrected chi connectivity index (χ3v) is 4.94. The summed E-state index contributed by atoms with van der Waals surface area (Å²) in [5.41, 5.74) is 1.50. The lowest BCUT2D eigenvalue weighted by molar-refractivity contribution is 0.579. The fourth-order valence-electron chi connectivity index (χ4n) is 2.35. The minimum Gasteiger partial charge on any atom is -0.211 e. The summed E-state index contributed by atoms with van der Waals surface area (Å²) in [7, 11) is -3.60. The van der Waals surface area contributed by atoms with Gasteiger partial charge in [0.15, 0.2) is 0 Å². The fraction of sp³-hybridized carbons (Fsp3) is 0.400. The van der Waals surface area contributed by atoms with Crippen molar-refractivity contribution >= 4 is 10.0 Å². The Morgan fingerprint density at radius 1 is 1.25 bits per heavy atom. The largest absolute Gasteiger partial charge is 0.241 e. The molecule has 2 rings (SSSR count). The van der Waals surface area contributed by atoms with E-state index in [1.54, 1.807) is 12.1 Å². The van der Waals surface area contributed by atoms with Crippen LogP contribution in [0, 0.1) is 11.3 Å². The van der Waals surface area contributed by atoms with E-state index in [-0.39, 0.29) is 10.5 Å². The molecule has 0 amide bonds. The van der Waals surface area contributed by atoms with Crippen LogP contribution in [0.15, 0.2) is 40.8 Å². The normalized spacial score (nSPS) is 15.4. The first-order valence-corrected chi connectivity index (χ1v) is 8.28. The van der Waals surface area contributed by atoms with Crippen molar-refractivity contribution in [3.63, 3.8) is 0 Å². The van der Waals surface area contributed by atoms with Gasteiger partial charge in [-0.05, 0) is 44.2 Å². The molecule has 1 aromatic carbocycles. The van der Waals surface area contributed by atoms with Gasteiger partial charge in [0, 0.05) is 6.54 Å². The van der Waals surface area contributed by atoms with Crippen LogP contribution in [0.3, 0.4) is 0 Å². The first-order chi connectivity index (χ1) is 9.63. The quantitative estimate of drug-likeness (QED) is 0.848. The summed E-state index contributed by atoms with van der Waals surface area (Å²) < 4.78 is 26.9. The van der Waals surface area contributed by atoms with Gasteiger partial charge in [0.05, 0.1) is 10.5 Å². The number of sulfonamides is 1. The Bertz CT molecular complexity index is 642. The Morgan fingerprint density at radius 3 is 2.75 bits per heavy atom. The Morgan fingerprint density at radius 2 is 2.05 bits per heavy atom. The molecule has 1 aliphatic carbocycles. The first-order valence-electron chi connectivity index (χ1n) is 6.80. The summed E-state index contributed by atoms with van der Waals surface area (Å²) in [6.45, 7) is 0.383. The molecule has 0 aromatic heterocycles. The molecule has 0 spiro atoms. The second-order valence-corrected chi connectivity index (χ2v) is 6.60.